The SMILES string of the molecule is C=CCCCC(O)C1(N2CCCCC2)CCCC1. The fraction of sp³-hybridized carbons (Fsp3) is 0.875. The van der Waals surface area contributed by atoms with Crippen molar-refractivity contribution in [1.82, 2.24) is 4.90 Å². The first-order chi connectivity index (χ1) is 8.79. The monoisotopic (exact) mass is 251 g/mol. The second-order valence-corrected chi connectivity index (χ2v) is 6.09. The highest BCUT2D eigenvalue weighted by molar-refractivity contribution is 5.01. The molecule has 0 amide bonds. The van der Waals surface area contributed by atoms with E-state index in [4.69, 9.17) is 0 Å². The molecule has 0 radical (unpaired) electrons. The van der Waals surface area contributed by atoms with Gasteiger partial charge in [-0.3, -0.25) is 4.90 Å². The summed E-state index contributed by atoms with van der Waals surface area (Å²) >= 11 is 0. The molecule has 1 N–H and O–H groups in total. The molecule has 104 valence electrons. The van der Waals surface area contributed by atoms with E-state index in [9.17, 15) is 5.11 Å². The van der Waals surface area contributed by atoms with Crippen molar-refractivity contribution >= 4 is 0 Å². The lowest BCUT2D eigenvalue weighted by Gasteiger charge is -2.46. The lowest BCUT2D eigenvalue weighted by Crippen LogP contribution is -2.56. The molecule has 0 aromatic rings. The van der Waals surface area contributed by atoms with Crippen molar-refractivity contribution in [2.24, 2.45) is 0 Å². The molecule has 0 bridgehead atoms. The van der Waals surface area contributed by atoms with Gasteiger partial charge in [0.05, 0.1) is 6.10 Å². The van der Waals surface area contributed by atoms with Gasteiger partial charge in [0, 0.05) is 5.54 Å². The van der Waals surface area contributed by atoms with Gasteiger partial charge in [0.15, 0.2) is 0 Å². The summed E-state index contributed by atoms with van der Waals surface area (Å²) < 4.78 is 0. The van der Waals surface area contributed by atoms with E-state index < -0.39 is 0 Å². The Balaban J connectivity index is 1.98. The number of nitrogens with zero attached hydrogens (tertiary/aromatic N) is 1. The van der Waals surface area contributed by atoms with Gasteiger partial charge in [0.2, 0.25) is 0 Å². The number of unbranched alkanes of at least 4 members (excludes halogenated alkanes) is 1. The predicted octanol–water partition coefficient (Wildman–Crippen LogP) is 3.50. The summed E-state index contributed by atoms with van der Waals surface area (Å²) in [5.41, 5.74) is 0.127. The Morgan fingerprint density at radius 1 is 1.11 bits per heavy atom. The molecule has 2 fully saturated rings. The van der Waals surface area contributed by atoms with Crippen molar-refractivity contribution in [3.8, 4) is 0 Å². The summed E-state index contributed by atoms with van der Waals surface area (Å²) in [6.45, 7) is 6.18. The fourth-order valence-corrected chi connectivity index (χ4v) is 3.91. The average molecular weight is 251 g/mol. The van der Waals surface area contributed by atoms with E-state index in [1.54, 1.807) is 0 Å². The van der Waals surface area contributed by atoms with Crippen LogP contribution in [0, 0.1) is 0 Å². The van der Waals surface area contributed by atoms with Gasteiger partial charge in [-0.15, -0.1) is 6.58 Å². The Kier molecular flexibility index (Phi) is 5.25. The van der Waals surface area contributed by atoms with Crippen molar-refractivity contribution in [3.63, 3.8) is 0 Å². The maximum Gasteiger partial charge on any atom is 0.0724 e. The molecule has 0 aromatic carbocycles. The van der Waals surface area contributed by atoms with Gasteiger partial charge in [-0.2, -0.15) is 0 Å². The van der Waals surface area contributed by atoms with Crippen LogP contribution in [0.4, 0.5) is 0 Å². The lowest BCUT2D eigenvalue weighted by atomic mass is 9.84. The van der Waals surface area contributed by atoms with Gasteiger partial charge in [-0.05, 0) is 58.0 Å². The third-order valence-corrected chi connectivity index (χ3v) is 4.96. The van der Waals surface area contributed by atoms with Crippen LogP contribution in [0.5, 0.6) is 0 Å². The number of piperidine rings is 1. The van der Waals surface area contributed by atoms with E-state index in [0.29, 0.717) is 0 Å². The highest BCUT2D eigenvalue weighted by Gasteiger charge is 2.44. The summed E-state index contributed by atoms with van der Waals surface area (Å²) in [7, 11) is 0. The number of hydrogen-bond acceptors (Lipinski definition) is 2. The van der Waals surface area contributed by atoms with Crippen LogP contribution in [0.25, 0.3) is 0 Å². The van der Waals surface area contributed by atoms with Crippen LogP contribution < -0.4 is 0 Å². The second-order valence-electron chi connectivity index (χ2n) is 6.09. The maximum absolute atomic E-state index is 10.7. The van der Waals surface area contributed by atoms with Crippen molar-refractivity contribution in [2.75, 3.05) is 13.1 Å². The van der Waals surface area contributed by atoms with E-state index in [1.807, 2.05) is 6.08 Å². The summed E-state index contributed by atoms with van der Waals surface area (Å²) in [6.07, 6.45) is 13.9. The van der Waals surface area contributed by atoms with Crippen LogP contribution in [0.3, 0.4) is 0 Å². The molecule has 2 nitrogen and oxygen atoms in total. The summed E-state index contributed by atoms with van der Waals surface area (Å²) in [5.74, 6) is 0. The van der Waals surface area contributed by atoms with Gasteiger partial charge < -0.3 is 5.11 Å². The average Bonchev–Trinajstić information content (AvgIpc) is 2.90. The molecule has 2 rings (SSSR count). The first-order valence-electron chi connectivity index (χ1n) is 7.83. The van der Waals surface area contributed by atoms with Crippen molar-refractivity contribution < 1.29 is 5.11 Å². The van der Waals surface area contributed by atoms with E-state index in [0.717, 1.165) is 19.3 Å². The van der Waals surface area contributed by atoms with Crippen LogP contribution in [0.1, 0.15) is 64.2 Å². The van der Waals surface area contributed by atoms with Crippen LogP contribution >= 0.6 is 0 Å². The molecule has 1 aliphatic carbocycles. The van der Waals surface area contributed by atoms with E-state index in [2.05, 4.69) is 11.5 Å². The molecule has 18 heavy (non-hydrogen) atoms. The largest absolute Gasteiger partial charge is 0.391 e. The van der Waals surface area contributed by atoms with Crippen molar-refractivity contribution in [3.05, 3.63) is 12.7 Å². The molecule has 2 aliphatic rings. The molecule has 1 saturated heterocycles. The number of allylic oxidation sites excluding steroid dienone is 1. The zero-order valence-corrected chi connectivity index (χ0v) is 11.7. The van der Waals surface area contributed by atoms with Crippen molar-refractivity contribution in [1.29, 1.82) is 0 Å². The van der Waals surface area contributed by atoms with Crippen LogP contribution in [-0.2, 0) is 0 Å². The maximum atomic E-state index is 10.7. The molecule has 0 aromatic heterocycles. The third kappa shape index (κ3) is 2.97. The molecule has 0 spiro atoms. The molecule has 1 unspecified atom stereocenters. The molecular weight excluding hydrogens is 222 g/mol. The quantitative estimate of drug-likeness (QED) is 0.577. The van der Waals surface area contributed by atoms with Crippen molar-refractivity contribution in [2.45, 2.75) is 75.9 Å². The van der Waals surface area contributed by atoms with Crippen LogP contribution in [-0.4, -0.2) is 34.7 Å². The van der Waals surface area contributed by atoms with Gasteiger partial charge in [0.1, 0.15) is 0 Å². The van der Waals surface area contributed by atoms with Gasteiger partial charge in [-0.25, -0.2) is 0 Å². The zero-order chi connectivity index (χ0) is 12.8. The Bertz CT molecular complexity index is 252. The minimum atomic E-state index is -0.127. The zero-order valence-electron chi connectivity index (χ0n) is 11.7. The molecule has 1 aliphatic heterocycles. The fourth-order valence-electron chi connectivity index (χ4n) is 3.91. The number of aliphatic hydroxyl groups excluding tert-OH is 1. The number of aliphatic hydroxyl groups is 1. The normalized spacial score (nSPS) is 26.1. The van der Waals surface area contributed by atoms with Gasteiger partial charge >= 0.3 is 0 Å². The van der Waals surface area contributed by atoms with E-state index >= 15 is 0 Å². The summed E-state index contributed by atoms with van der Waals surface area (Å²) in [5, 5.41) is 10.7. The number of hydrogen-bond donors (Lipinski definition) is 1. The molecule has 1 heterocycles. The summed E-state index contributed by atoms with van der Waals surface area (Å²) in [4.78, 5) is 2.63. The minimum absolute atomic E-state index is 0.127. The van der Waals surface area contributed by atoms with Gasteiger partial charge in [-0.1, -0.05) is 25.3 Å². The summed E-state index contributed by atoms with van der Waals surface area (Å²) in [6, 6.07) is 0. The topological polar surface area (TPSA) is 23.5 Å². The molecule has 1 atom stereocenters. The van der Waals surface area contributed by atoms with Gasteiger partial charge in [0.25, 0.3) is 0 Å². The molecule has 2 heteroatoms. The Morgan fingerprint density at radius 2 is 1.78 bits per heavy atom. The van der Waals surface area contributed by atoms with E-state index in [1.165, 1.54) is 58.0 Å². The Hall–Kier alpha value is -0.340. The third-order valence-electron chi connectivity index (χ3n) is 4.96. The minimum Gasteiger partial charge on any atom is -0.391 e. The Morgan fingerprint density at radius 3 is 2.39 bits per heavy atom. The Labute approximate surface area is 112 Å². The van der Waals surface area contributed by atoms with E-state index in [-0.39, 0.29) is 11.6 Å². The predicted molar refractivity (Wildman–Crippen MR) is 76.7 cm³/mol. The first-order valence-corrected chi connectivity index (χ1v) is 7.83. The number of likely N-dealkylation sites (tertiary alicyclic amines) is 1. The van der Waals surface area contributed by atoms with Crippen LogP contribution in [0.2, 0.25) is 0 Å². The smallest absolute Gasteiger partial charge is 0.0724 e. The standard InChI is InChI=1S/C16H29NO/c1-2-3-5-10-15(18)16(11-6-7-12-16)17-13-8-4-9-14-17/h2,15,18H,1,3-14H2. The highest BCUT2D eigenvalue weighted by atomic mass is 16.3. The van der Waals surface area contributed by atoms with Crippen LogP contribution in [0.15, 0.2) is 12.7 Å². The molecular formula is C16H29NO. The highest BCUT2D eigenvalue weighted by Crippen LogP contribution is 2.41. The number of rotatable bonds is 6. The second kappa shape index (κ2) is 6.72. The molecule has 1 saturated carbocycles. The first kappa shape index (κ1) is 14.1. The lowest BCUT2D eigenvalue weighted by molar-refractivity contribution is -0.0427.